The van der Waals surface area contributed by atoms with E-state index in [0.29, 0.717) is 22.9 Å². The van der Waals surface area contributed by atoms with E-state index in [4.69, 9.17) is 5.26 Å². The molecule has 1 aromatic carbocycles. The van der Waals surface area contributed by atoms with Crippen LogP contribution in [0.4, 0.5) is 15.9 Å². The molecule has 3 heterocycles. The summed E-state index contributed by atoms with van der Waals surface area (Å²) in [7, 11) is 5.59. The van der Waals surface area contributed by atoms with Gasteiger partial charge in [0.05, 0.1) is 11.3 Å². The minimum Gasteiger partial charge on any atom is -0.367 e. The van der Waals surface area contributed by atoms with Crippen LogP contribution in [0.2, 0.25) is 0 Å². The lowest BCUT2D eigenvalue weighted by Crippen LogP contribution is -2.38. The highest BCUT2D eigenvalue weighted by molar-refractivity contribution is 5.83. The number of rotatable bonds is 5. The molecule has 1 aliphatic heterocycles. The first-order chi connectivity index (χ1) is 16.3. The van der Waals surface area contributed by atoms with Gasteiger partial charge >= 0.3 is 0 Å². The Balaban J connectivity index is 1.90. The van der Waals surface area contributed by atoms with E-state index in [1.807, 2.05) is 43.3 Å². The van der Waals surface area contributed by atoms with Crippen LogP contribution in [0.15, 0.2) is 47.4 Å². The number of anilines is 2. The maximum absolute atomic E-state index is 14.6. The Bertz CT molecular complexity index is 1280. The van der Waals surface area contributed by atoms with Gasteiger partial charge in [0.15, 0.2) is 0 Å². The molecule has 0 radical (unpaired) electrons. The molecule has 6 nitrogen and oxygen atoms in total. The molecule has 1 aliphatic rings. The molecule has 3 aromatic rings. The lowest BCUT2D eigenvalue weighted by atomic mass is 9.93. The quantitative estimate of drug-likeness (QED) is 0.547. The standard InChI is InChI=1S/C27H30FN5O/c1-5-18-10-12-33(13-11-18)24-15-22(19-6-7-20(16-29)23(28)14-19)26(32(4)27(24)34)21-8-9-25(30-17-21)31(2)3/h6-9,14-15,17-18H,5,10-13H2,1-4H3. The summed E-state index contributed by atoms with van der Waals surface area (Å²) in [4.78, 5) is 22.1. The number of aromatic nitrogens is 2. The molecule has 1 saturated heterocycles. The zero-order chi connectivity index (χ0) is 24.4. The van der Waals surface area contributed by atoms with Crippen molar-refractivity contribution in [3.05, 3.63) is 64.3 Å². The second-order valence-electron chi connectivity index (χ2n) is 9.10. The second kappa shape index (κ2) is 9.68. The minimum absolute atomic E-state index is 0.00557. The predicted molar refractivity (Wildman–Crippen MR) is 135 cm³/mol. The Morgan fingerprint density at radius 3 is 2.41 bits per heavy atom. The Morgan fingerprint density at radius 1 is 1.15 bits per heavy atom. The Hall–Kier alpha value is -3.66. The maximum Gasteiger partial charge on any atom is 0.274 e. The van der Waals surface area contributed by atoms with Crippen LogP contribution in [0.3, 0.4) is 0 Å². The van der Waals surface area contributed by atoms with Crippen LogP contribution in [0.5, 0.6) is 0 Å². The van der Waals surface area contributed by atoms with Crippen LogP contribution >= 0.6 is 0 Å². The van der Waals surface area contributed by atoms with Crippen LogP contribution in [0.1, 0.15) is 31.7 Å². The number of nitriles is 1. The van der Waals surface area contributed by atoms with E-state index in [0.717, 1.165) is 49.3 Å². The third-order valence-corrected chi connectivity index (χ3v) is 6.81. The fraction of sp³-hybridized carbons (Fsp3) is 0.370. The Morgan fingerprint density at radius 2 is 1.85 bits per heavy atom. The largest absolute Gasteiger partial charge is 0.367 e. The highest BCUT2D eigenvalue weighted by Crippen LogP contribution is 2.35. The third kappa shape index (κ3) is 4.41. The summed E-state index contributed by atoms with van der Waals surface area (Å²) in [6, 6.07) is 12.2. The molecule has 0 unspecified atom stereocenters. The lowest BCUT2D eigenvalue weighted by Gasteiger charge is -2.33. The fourth-order valence-electron chi connectivity index (χ4n) is 4.66. The van der Waals surface area contributed by atoms with E-state index in [-0.39, 0.29) is 11.1 Å². The molecule has 34 heavy (non-hydrogen) atoms. The highest BCUT2D eigenvalue weighted by Gasteiger charge is 2.24. The molecular formula is C27H30FN5O. The van der Waals surface area contributed by atoms with Crippen molar-refractivity contribution in [2.45, 2.75) is 26.2 Å². The van der Waals surface area contributed by atoms with Gasteiger partial charge in [0.25, 0.3) is 5.56 Å². The zero-order valence-corrected chi connectivity index (χ0v) is 20.2. The van der Waals surface area contributed by atoms with Gasteiger partial charge in [-0.2, -0.15) is 5.26 Å². The molecule has 176 valence electrons. The summed E-state index contributed by atoms with van der Waals surface area (Å²) in [5.41, 5.74) is 3.31. The number of piperidine rings is 1. The van der Waals surface area contributed by atoms with Crippen molar-refractivity contribution in [2.24, 2.45) is 13.0 Å². The molecular weight excluding hydrogens is 429 g/mol. The SMILES string of the molecule is CCC1CCN(c2cc(-c3ccc(C#N)c(F)c3)c(-c3ccc(N(C)C)nc3)n(C)c2=O)CC1. The summed E-state index contributed by atoms with van der Waals surface area (Å²) < 4.78 is 16.2. The Labute approximate surface area is 199 Å². The van der Waals surface area contributed by atoms with E-state index in [9.17, 15) is 9.18 Å². The number of nitrogens with zero attached hydrogens (tertiary/aromatic N) is 5. The molecule has 0 amide bonds. The monoisotopic (exact) mass is 459 g/mol. The molecule has 0 atom stereocenters. The molecule has 0 bridgehead atoms. The first kappa shape index (κ1) is 23.5. The Kier molecular flexibility index (Phi) is 6.69. The number of pyridine rings is 2. The van der Waals surface area contributed by atoms with Gasteiger partial charge in [-0.25, -0.2) is 9.37 Å². The summed E-state index contributed by atoms with van der Waals surface area (Å²) >= 11 is 0. The number of halogens is 1. The fourth-order valence-corrected chi connectivity index (χ4v) is 4.66. The average molecular weight is 460 g/mol. The summed E-state index contributed by atoms with van der Waals surface area (Å²) in [6.45, 7) is 3.86. The van der Waals surface area contributed by atoms with Crippen LogP contribution in [0, 0.1) is 23.1 Å². The summed E-state index contributed by atoms with van der Waals surface area (Å²) in [6.07, 6.45) is 4.99. The van der Waals surface area contributed by atoms with E-state index >= 15 is 0 Å². The van der Waals surface area contributed by atoms with Crippen molar-refractivity contribution in [1.82, 2.24) is 9.55 Å². The van der Waals surface area contributed by atoms with Gasteiger partial charge in [-0.3, -0.25) is 4.79 Å². The summed E-state index contributed by atoms with van der Waals surface area (Å²) in [5, 5.41) is 9.17. The van der Waals surface area contributed by atoms with E-state index in [1.54, 1.807) is 23.9 Å². The maximum atomic E-state index is 14.6. The van der Waals surface area contributed by atoms with Crippen LogP contribution in [-0.4, -0.2) is 36.7 Å². The van der Waals surface area contributed by atoms with Crippen LogP contribution < -0.4 is 15.4 Å². The molecule has 4 rings (SSSR count). The minimum atomic E-state index is -0.578. The molecule has 1 fully saturated rings. The molecule has 0 aliphatic carbocycles. The zero-order valence-electron chi connectivity index (χ0n) is 20.2. The third-order valence-electron chi connectivity index (χ3n) is 6.81. The first-order valence-electron chi connectivity index (χ1n) is 11.7. The van der Waals surface area contributed by atoms with Crippen LogP contribution in [0.25, 0.3) is 22.4 Å². The highest BCUT2D eigenvalue weighted by atomic mass is 19.1. The van der Waals surface area contributed by atoms with E-state index < -0.39 is 5.82 Å². The van der Waals surface area contributed by atoms with Gasteiger partial charge in [0.1, 0.15) is 23.4 Å². The molecule has 7 heteroatoms. The molecule has 0 saturated carbocycles. The topological polar surface area (TPSA) is 65.2 Å². The van der Waals surface area contributed by atoms with Gasteiger partial charge in [-0.1, -0.05) is 19.4 Å². The molecule has 0 N–H and O–H groups in total. The number of hydrogen-bond donors (Lipinski definition) is 0. The average Bonchev–Trinajstić information content (AvgIpc) is 2.85. The van der Waals surface area contributed by atoms with Gasteiger partial charge in [-0.15, -0.1) is 0 Å². The predicted octanol–water partition coefficient (Wildman–Crippen LogP) is 4.82. The smallest absolute Gasteiger partial charge is 0.274 e. The second-order valence-corrected chi connectivity index (χ2v) is 9.10. The van der Waals surface area contributed by atoms with Crippen molar-refractivity contribution in [1.29, 1.82) is 5.26 Å². The van der Waals surface area contributed by atoms with Crippen molar-refractivity contribution < 1.29 is 4.39 Å². The van der Waals surface area contributed by atoms with E-state index in [2.05, 4.69) is 16.8 Å². The normalized spacial score (nSPS) is 14.2. The van der Waals surface area contributed by atoms with E-state index in [1.165, 1.54) is 12.1 Å². The molecule has 0 spiro atoms. The number of hydrogen-bond acceptors (Lipinski definition) is 5. The van der Waals surface area contributed by atoms with Crippen molar-refractivity contribution >= 4 is 11.5 Å². The van der Waals surface area contributed by atoms with Crippen molar-refractivity contribution in [3.63, 3.8) is 0 Å². The van der Waals surface area contributed by atoms with Gasteiger partial charge in [-0.05, 0) is 54.7 Å². The lowest BCUT2D eigenvalue weighted by molar-refractivity contribution is 0.394. The van der Waals surface area contributed by atoms with Crippen molar-refractivity contribution in [3.8, 4) is 28.5 Å². The van der Waals surface area contributed by atoms with Crippen molar-refractivity contribution in [2.75, 3.05) is 37.0 Å². The van der Waals surface area contributed by atoms with Gasteiger partial charge < -0.3 is 14.4 Å². The molecule has 2 aromatic heterocycles. The van der Waals surface area contributed by atoms with Gasteiger partial charge in [0, 0.05) is 51.6 Å². The summed E-state index contributed by atoms with van der Waals surface area (Å²) in [5.74, 6) is 0.911. The number of benzene rings is 1. The first-order valence-corrected chi connectivity index (χ1v) is 11.7. The van der Waals surface area contributed by atoms with Crippen LogP contribution in [-0.2, 0) is 7.05 Å². The van der Waals surface area contributed by atoms with Gasteiger partial charge in [0.2, 0.25) is 0 Å².